The Morgan fingerprint density at radius 3 is 2.24 bits per heavy atom. The van der Waals surface area contributed by atoms with Gasteiger partial charge in [-0.15, -0.1) is 0 Å². The summed E-state index contributed by atoms with van der Waals surface area (Å²) in [5.41, 5.74) is -2.57. The number of rotatable bonds is 8. The van der Waals surface area contributed by atoms with Gasteiger partial charge < -0.3 is 74.4 Å². The third-order valence-electron chi connectivity index (χ3n) is 15.6. The zero-order chi connectivity index (χ0) is 40.0. The van der Waals surface area contributed by atoms with Crippen LogP contribution < -0.4 is 0 Å². The Labute approximate surface area is 323 Å². The Morgan fingerprint density at radius 2 is 1.56 bits per heavy atom. The third kappa shape index (κ3) is 6.60. The summed E-state index contributed by atoms with van der Waals surface area (Å²) in [5.74, 6) is -1.18. The molecule has 21 atom stereocenters. The van der Waals surface area contributed by atoms with Crippen molar-refractivity contribution in [2.75, 3.05) is 13.2 Å². The smallest absolute Gasteiger partial charge is 0.191 e. The molecule has 9 N–H and O–H groups in total. The van der Waals surface area contributed by atoms with Crippen LogP contribution in [-0.2, 0) is 28.4 Å². The lowest BCUT2D eigenvalue weighted by Crippen LogP contribution is -2.65. The van der Waals surface area contributed by atoms with Gasteiger partial charge >= 0.3 is 0 Å². The van der Waals surface area contributed by atoms with Gasteiger partial charge in [0.1, 0.15) is 48.8 Å². The molecule has 0 bridgehead atoms. The fourth-order valence-corrected chi connectivity index (χ4v) is 11.8. The van der Waals surface area contributed by atoms with E-state index < -0.39 is 109 Å². The maximum atomic E-state index is 13.0. The summed E-state index contributed by atoms with van der Waals surface area (Å²) in [6, 6.07) is 0. The number of allylic oxidation sites excluding steroid dienone is 1. The summed E-state index contributed by atoms with van der Waals surface area (Å²) in [6.45, 7) is 11.3. The van der Waals surface area contributed by atoms with Gasteiger partial charge in [-0.3, -0.25) is 0 Å². The van der Waals surface area contributed by atoms with Gasteiger partial charge in [0.2, 0.25) is 0 Å². The van der Waals surface area contributed by atoms with Crippen LogP contribution in [0.4, 0.5) is 0 Å². The summed E-state index contributed by atoms with van der Waals surface area (Å²) in [4.78, 5) is 0. The van der Waals surface area contributed by atoms with Gasteiger partial charge in [0, 0.05) is 11.8 Å². The molecule has 4 aliphatic carbocycles. The summed E-state index contributed by atoms with van der Waals surface area (Å²) in [5, 5.41) is 99.5. The van der Waals surface area contributed by atoms with Crippen LogP contribution in [0, 0.1) is 28.6 Å². The Kier molecular flexibility index (Phi) is 11.5. The van der Waals surface area contributed by atoms with Crippen molar-refractivity contribution in [2.24, 2.45) is 28.6 Å². The van der Waals surface area contributed by atoms with Crippen LogP contribution >= 0.6 is 0 Å². The van der Waals surface area contributed by atoms with E-state index in [0.717, 1.165) is 6.42 Å². The number of hydrogen-bond donors (Lipinski definition) is 9. The number of ether oxygens (including phenoxy) is 6. The zero-order valence-corrected chi connectivity index (χ0v) is 33.1. The van der Waals surface area contributed by atoms with Crippen LogP contribution in [0.5, 0.6) is 0 Å². The van der Waals surface area contributed by atoms with Gasteiger partial charge in [0.15, 0.2) is 18.4 Å². The third-order valence-corrected chi connectivity index (χ3v) is 15.6. The van der Waals surface area contributed by atoms with Gasteiger partial charge in [-0.2, -0.15) is 0 Å². The highest BCUT2D eigenvalue weighted by Crippen LogP contribution is 2.70. The predicted molar refractivity (Wildman–Crippen MR) is 193 cm³/mol. The molecule has 0 amide bonds. The molecule has 15 heteroatoms. The molecule has 0 radical (unpaired) electrons. The lowest BCUT2D eigenvalue weighted by molar-refractivity contribution is -0.369. The van der Waals surface area contributed by atoms with E-state index in [1.807, 2.05) is 20.8 Å². The number of aliphatic hydroxyl groups excluding tert-OH is 7. The number of aliphatic hydroxyl groups is 9. The first-order chi connectivity index (χ1) is 25.8. The van der Waals surface area contributed by atoms with Crippen LogP contribution in [0.25, 0.3) is 0 Å². The maximum Gasteiger partial charge on any atom is 0.191 e. The molecule has 0 spiro atoms. The summed E-state index contributed by atoms with van der Waals surface area (Å²) in [7, 11) is 0. The molecule has 7 aliphatic rings. The first-order valence-corrected chi connectivity index (χ1v) is 20.5. The fraction of sp³-hybridized carbons (Fsp3) is 0.950. The molecule has 3 saturated heterocycles. The second-order valence-electron chi connectivity index (χ2n) is 18.7. The SMILES string of the molecule is CCC1(O)[C@@H](O[C@]2(C)OC[C@H](C)CC2O)C[C@@]2(O)[C@@H]3CC=C4C[C@@H](O[C@@H]5OC(CO)[C@@H](O)[C@H](O)C5O[C@@H]5OC(C)[C@H](O)C(O)[C@@H]5O)CC[C@]4(C)[C@H]3CC[C@]12C. The molecule has 0 aromatic carbocycles. The van der Waals surface area contributed by atoms with Crippen LogP contribution in [0.2, 0.25) is 0 Å². The van der Waals surface area contributed by atoms with Crippen LogP contribution in [0.3, 0.4) is 0 Å². The lowest BCUT2D eigenvalue weighted by atomic mass is 9.45. The van der Waals surface area contributed by atoms with Gasteiger partial charge in [-0.05, 0) is 88.4 Å². The number of fused-ring (bicyclic) bond motifs is 5. The molecule has 3 saturated carbocycles. The largest absolute Gasteiger partial charge is 0.394 e. The standard InChI is InChI=1S/C40H66O15/c1-7-39(48)27(55-38(6)26(42)14-19(2)18-50-38)16-40(49)24-9-8-21-15-22(10-12-36(21,4)23(24)11-13-37(39,40)5)52-35-33(31(46)29(44)25(17-41)53-35)54-34-32(47)30(45)28(43)20(3)51-34/h8,19-20,22-35,41-49H,7,9-18H2,1-6H3/t19-,20?,22+,23+,24-,25?,26?,27+,28+,29-,30?,31+,32+,33?,34+,35-,36+,37-,38+,39?,40-/m1/s1. The monoisotopic (exact) mass is 786 g/mol. The van der Waals surface area contributed by atoms with Crippen molar-refractivity contribution in [3.8, 4) is 0 Å². The van der Waals surface area contributed by atoms with Crippen LogP contribution in [0.1, 0.15) is 99.3 Å². The first kappa shape index (κ1) is 42.3. The van der Waals surface area contributed by atoms with E-state index in [9.17, 15) is 46.0 Å². The Balaban J connectivity index is 1.09. The predicted octanol–water partition coefficient (Wildman–Crippen LogP) is 0.371. The second-order valence-corrected chi connectivity index (χ2v) is 18.7. The van der Waals surface area contributed by atoms with Gasteiger partial charge in [0.05, 0.1) is 42.7 Å². The van der Waals surface area contributed by atoms with Crippen LogP contribution in [0.15, 0.2) is 11.6 Å². The lowest BCUT2D eigenvalue weighted by Gasteiger charge is -2.62. The minimum absolute atomic E-state index is 0.103. The summed E-state index contributed by atoms with van der Waals surface area (Å²) >= 11 is 0. The summed E-state index contributed by atoms with van der Waals surface area (Å²) < 4.78 is 36.7. The van der Waals surface area contributed by atoms with Crippen molar-refractivity contribution in [1.82, 2.24) is 0 Å². The molecular formula is C40H66O15. The van der Waals surface area contributed by atoms with Crippen molar-refractivity contribution >= 4 is 0 Å². The van der Waals surface area contributed by atoms with E-state index in [1.165, 1.54) is 12.5 Å². The molecular weight excluding hydrogens is 720 g/mol. The molecule has 0 aromatic rings. The van der Waals surface area contributed by atoms with Crippen molar-refractivity contribution in [2.45, 2.75) is 196 Å². The molecule has 7 rings (SSSR count). The molecule has 6 fully saturated rings. The summed E-state index contributed by atoms with van der Waals surface area (Å²) in [6.07, 6.45) is -8.91. The van der Waals surface area contributed by atoms with E-state index in [1.54, 1.807) is 6.92 Å². The fourth-order valence-electron chi connectivity index (χ4n) is 11.8. The zero-order valence-electron chi connectivity index (χ0n) is 33.1. The molecule has 316 valence electrons. The van der Waals surface area contributed by atoms with Gasteiger partial charge in [-0.25, -0.2) is 0 Å². The first-order valence-electron chi connectivity index (χ1n) is 20.5. The Bertz CT molecular complexity index is 1420. The highest BCUT2D eigenvalue weighted by molar-refractivity contribution is 5.31. The minimum atomic E-state index is -1.66. The van der Waals surface area contributed by atoms with E-state index >= 15 is 0 Å². The van der Waals surface area contributed by atoms with Gasteiger partial charge in [0.25, 0.3) is 0 Å². The Hall–Kier alpha value is -0.860. The van der Waals surface area contributed by atoms with Crippen LogP contribution in [-0.4, -0.2) is 156 Å². The topological polar surface area (TPSA) is 237 Å². The Morgan fingerprint density at radius 1 is 0.836 bits per heavy atom. The molecule has 55 heavy (non-hydrogen) atoms. The van der Waals surface area contributed by atoms with Crippen molar-refractivity contribution in [1.29, 1.82) is 0 Å². The maximum absolute atomic E-state index is 13.0. The van der Waals surface area contributed by atoms with E-state index in [2.05, 4.69) is 13.0 Å². The van der Waals surface area contributed by atoms with Crippen molar-refractivity contribution in [3.63, 3.8) is 0 Å². The van der Waals surface area contributed by atoms with Crippen molar-refractivity contribution < 1.29 is 74.4 Å². The normalized spacial score (nSPS) is 57.0. The van der Waals surface area contributed by atoms with E-state index in [4.69, 9.17) is 28.4 Å². The quantitative estimate of drug-likeness (QED) is 0.151. The molecule has 3 aliphatic heterocycles. The highest BCUT2D eigenvalue weighted by Gasteiger charge is 2.75. The van der Waals surface area contributed by atoms with E-state index in [0.29, 0.717) is 51.6 Å². The molecule has 3 heterocycles. The average molecular weight is 787 g/mol. The minimum Gasteiger partial charge on any atom is -0.394 e. The van der Waals surface area contributed by atoms with Gasteiger partial charge in [-0.1, -0.05) is 39.3 Å². The average Bonchev–Trinajstić information content (AvgIpc) is 3.32. The molecule has 0 aromatic heterocycles. The highest BCUT2D eigenvalue weighted by atomic mass is 16.8. The number of hydrogen-bond acceptors (Lipinski definition) is 15. The van der Waals surface area contributed by atoms with E-state index in [-0.39, 0.29) is 29.6 Å². The molecule has 15 nitrogen and oxygen atoms in total. The molecule has 6 unspecified atom stereocenters. The van der Waals surface area contributed by atoms with Crippen molar-refractivity contribution in [3.05, 3.63) is 11.6 Å². The second kappa shape index (κ2) is 15.0.